The number of carbonyl (C=O) groups is 2. The number of hydrogen-bond acceptors (Lipinski definition) is 3. The minimum atomic E-state index is -1.07. The number of methoxy groups -OCH3 is 1. The molecule has 2 N–H and O–H groups in total. The van der Waals surface area contributed by atoms with E-state index in [1.54, 1.807) is 7.11 Å². The van der Waals surface area contributed by atoms with Crippen molar-refractivity contribution >= 4 is 11.9 Å². The van der Waals surface area contributed by atoms with Gasteiger partial charge in [-0.25, -0.2) is 4.79 Å². The second-order valence-corrected chi connectivity index (χ2v) is 3.71. The number of amides is 1. The van der Waals surface area contributed by atoms with Crippen LogP contribution in [0.2, 0.25) is 0 Å². The molecule has 0 spiro atoms. The summed E-state index contributed by atoms with van der Waals surface area (Å²) < 4.78 is 4.88. The largest absolute Gasteiger partial charge is 0.478 e. The van der Waals surface area contributed by atoms with Gasteiger partial charge in [0.05, 0.1) is 0 Å². The molecular formula is C11H19NO4. The van der Waals surface area contributed by atoms with Gasteiger partial charge in [-0.3, -0.25) is 4.79 Å². The molecule has 0 heterocycles. The summed E-state index contributed by atoms with van der Waals surface area (Å²) in [6, 6.07) is -0.0380. The highest BCUT2D eigenvalue weighted by atomic mass is 16.5. The van der Waals surface area contributed by atoms with Crippen molar-refractivity contribution in [1.29, 1.82) is 0 Å². The van der Waals surface area contributed by atoms with Gasteiger partial charge < -0.3 is 15.2 Å². The molecule has 0 rings (SSSR count). The highest BCUT2D eigenvalue weighted by Crippen LogP contribution is 2.04. The van der Waals surface area contributed by atoms with Crippen LogP contribution >= 0.6 is 0 Å². The number of hydrogen-bond donors (Lipinski definition) is 2. The van der Waals surface area contributed by atoms with Gasteiger partial charge in [-0.05, 0) is 27.2 Å². The molecule has 0 aromatic carbocycles. The molecule has 0 fully saturated rings. The van der Waals surface area contributed by atoms with Crippen LogP contribution in [0.3, 0.4) is 0 Å². The van der Waals surface area contributed by atoms with E-state index in [0.29, 0.717) is 13.0 Å². The fourth-order valence-electron chi connectivity index (χ4n) is 1.03. The number of rotatable bonds is 6. The summed E-state index contributed by atoms with van der Waals surface area (Å²) in [6.07, 6.45) is 0.696. The Morgan fingerprint density at radius 3 is 2.31 bits per heavy atom. The van der Waals surface area contributed by atoms with E-state index in [0.717, 1.165) is 0 Å². The van der Waals surface area contributed by atoms with Gasteiger partial charge in [0.2, 0.25) is 5.91 Å². The summed E-state index contributed by atoms with van der Waals surface area (Å²) in [5.74, 6) is -1.42. The topological polar surface area (TPSA) is 75.6 Å². The summed E-state index contributed by atoms with van der Waals surface area (Å²) in [6.45, 7) is 5.32. The van der Waals surface area contributed by atoms with Crippen LogP contribution in [0.1, 0.15) is 27.2 Å². The monoisotopic (exact) mass is 229 g/mol. The minimum Gasteiger partial charge on any atom is -0.478 e. The van der Waals surface area contributed by atoms with Crippen LogP contribution in [0, 0.1) is 0 Å². The maximum Gasteiger partial charge on any atom is 0.331 e. The molecule has 1 unspecified atom stereocenters. The lowest BCUT2D eigenvalue weighted by Gasteiger charge is -2.14. The van der Waals surface area contributed by atoms with Crippen LogP contribution in [0.5, 0.6) is 0 Å². The van der Waals surface area contributed by atoms with Crippen molar-refractivity contribution in [3.8, 4) is 0 Å². The van der Waals surface area contributed by atoms with Gasteiger partial charge in [0, 0.05) is 30.9 Å². The summed E-state index contributed by atoms with van der Waals surface area (Å²) in [5, 5.41) is 11.4. The second kappa shape index (κ2) is 7.00. The predicted octanol–water partition coefficient (Wildman–Crippen LogP) is 0.949. The molecule has 0 bridgehead atoms. The summed E-state index contributed by atoms with van der Waals surface area (Å²) in [7, 11) is 1.59. The Hall–Kier alpha value is -1.36. The number of carboxylic acid groups (broad SMARTS) is 1. The fraction of sp³-hybridized carbons (Fsp3) is 0.636. The average Bonchev–Trinajstić information content (AvgIpc) is 2.23. The lowest BCUT2D eigenvalue weighted by Crippen LogP contribution is -2.34. The van der Waals surface area contributed by atoms with E-state index < -0.39 is 5.97 Å². The van der Waals surface area contributed by atoms with Crippen LogP contribution in [0.15, 0.2) is 11.1 Å². The number of carboxylic acids is 1. The summed E-state index contributed by atoms with van der Waals surface area (Å²) >= 11 is 0. The molecule has 0 aliphatic heterocycles. The van der Waals surface area contributed by atoms with Gasteiger partial charge in [0.1, 0.15) is 0 Å². The Kier molecular flexibility index (Phi) is 6.41. The summed E-state index contributed by atoms with van der Waals surface area (Å²) in [4.78, 5) is 22.2. The maximum absolute atomic E-state index is 11.6. The van der Waals surface area contributed by atoms with E-state index in [1.807, 2.05) is 6.92 Å². The Morgan fingerprint density at radius 1 is 1.31 bits per heavy atom. The first-order valence-corrected chi connectivity index (χ1v) is 5.10. The van der Waals surface area contributed by atoms with Crippen molar-refractivity contribution in [3.05, 3.63) is 11.1 Å². The highest BCUT2D eigenvalue weighted by molar-refractivity contribution is 6.01. The van der Waals surface area contributed by atoms with Crippen molar-refractivity contribution in [2.75, 3.05) is 13.7 Å². The first-order valence-electron chi connectivity index (χ1n) is 5.10. The van der Waals surface area contributed by atoms with Gasteiger partial charge in [0.15, 0.2) is 0 Å². The van der Waals surface area contributed by atoms with E-state index in [2.05, 4.69) is 5.32 Å². The van der Waals surface area contributed by atoms with Crippen molar-refractivity contribution in [3.63, 3.8) is 0 Å². The molecule has 0 saturated heterocycles. The van der Waals surface area contributed by atoms with Gasteiger partial charge in [0.25, 0.3) is 0 Å². The third-order valence-electron chi connectivity index (χ3n) is 2.36. The van der Waals surface area contributed by atoms with Gasteiger partial charge in [-0.15, -0.1) is 0 Å². The minimum absolute atomic E-state index is 0.0380. The normalized spacial score (nSPS) is 14.0. The molecule has 0 radical (unpaired) electrons. The number of nitrogens with one attached hydrogen (secondary N) is 1. The highest BCUT2D eigenvalue weighted by Gasteiger charge is 2.14. The first-order chi connectivity index (χ1) is 7.40. The molecule has 1 atom stereocenters. The van der Waals surface area contributed by atoms with Crippen molar-refractivity contribution in [2.45, 2.75) is 33.2 Å². The Labute approximate surface area is 95.5 Å². The van der Waals surface area contributed by atoms with Gasteiger partial charge in [-0.2, -0.15) is 0 Å². The molecule has 5 nitrogen and oxygen atoms in total. The maximum atomic E-state index is 11.6. The third-order valence-corrected chi connectivity index (χ3v) is 2.36. The zero-order valence-corrected chi connectivity index (χ0v) is 10.2. The standard InChI is InChI=1S/C11H19NO4/c1-7(5-6-16-4)12-10(13)8(2)9(3)11(14)15/h7H,5-6H2,1-4H3,(H,12,13)(H,14,15). The zero-order valence-electron chi connectivity index (χ0n) is 10.2. The lowest BCUT2D eigenvalue weighted by atomic mass is 10.1. The van der Waals surface area contributed by atoms with E-state index in [-0.39, 0.29) is 23.1 Å². The summed E-state index contributed by atoms with van der Waals surface area (Å²) in [5.41, 5.74) is 0.299. The van der Waals surface area contributed by atoms with Crippen LogP contribution in [-0.4, -0.2) is 36.7 Å². The zero-order chi connectivity index (χ0) is 12.7. The van der Waals surface area contributed by atoms with E-state index in [4.69, 9.17) is 9.84 Å². The lowest BCUT2D eigenvalue weighted by molar-refractivity contribution is -0.133. The Bertz CT molecular complexity index is 296. The fourth-order valence-corrected chi connectivity index (χ4v) is 1.03. The molecule has 16 heavy (non-hydrogen) atoms. The molecular weight excluding hydrogens is 210 g/mol. The molecule has 0 saturated carbocycles. The average molecular weight is 229 g/mol. The number of ether oxygens (including phenoxy) is 1. The molecule has 1 amide bonds. The van der Waals surface area contributed by atoms with Crippen molar-refractivity contribution in [1.82, 2.24) is 5.32 Å². The molecule has 92 valence electrons. The molecule has 5 heteroatoms. The van der Waals surface area contributed by atoms with Crippen molar-refractivity contribution < 1.29 is 19.4 Å². The quantitative estimate of drug-likeness (QED) is 0.665. The third kappa shape index (κ3) is 4.93. The first kappa shape index (κ1) is 14.6. The number of aliphatic carboxylic acids is 1. The van der Waals surface area contributed by atoms with Gasteiger partial charge >= 0.3 is 5.97 Å². The Morgan fingerprint density at radius 2 is 1.88 bits per heavy atom. The van der Waals surface area contributed by atoms with Crippen LogP contribution in [0.25, 0.3) is 0 Å². The smallest absolute Gasteiger partial charge is 0.331 e. The predicted molar refractivity (Wildman–Crippen MR) is 60.1 cm³/mol. The van der Waals surface area contributed by atoms with Gasteiger partial charge in [-0.1, -0.05) is 0 Å². The van der Waals surface area contributed by atoms with E-state index in [9.17, 15) is 9.59 Å². The molecule has 0 aliphatic rings. The second-order valence-electron chi connectivity index (χ2n) is 3.71. The molecule has 0 aromatic heterocycles. The van der Waals surface area contributed by atoms with E-state index in [1.165, 1.54) is 13.8 Å². The molecule has 0 aliphatic carbocycles. The van der Waals surface area contributed by atoms with Crippen LogP contribution in [0.4, 0.5) is 0 Å². The molecule has 0 aromatic rings. The number of carbonyl (C=O) groups excluding carboxylic acids is 1. The SMILES string of the molecule is COCCC(C)NC(=O)C(C)=C(C)C(=O)O. The van der Waals surface area contributed by atoms with E-state index >= 15 is 0 Å². The van der Waals surface area contributed by atoms with Crippen molar-refractivity contribution in [2.24, 2.45) is 0 Å². The van der Waals surface area contributed by atoms with Crippen LogP contribution in [-0.2, 0) is 14.3 Å². The van der Waals surface area contributed by atoms with Crippen LogP contribution < -0.4 is 5.32 Å². The Balaban J connectivity index is 4.36.